The zero-order valence-corrected chi connectivity index (χ0v) is 13.3. The largest absolute Gasteiger partial charge is 0.253 e. The van der Waals surface area contributed by atoms with Crippen molar-refractivity contribution in [3.8, 4) is 0 Å². The van der Waals surface area contributed by atoms with Crippen LogP contribution in [0.25, 0.3) is 0 Å². The van der Waals surface area contributed by atoms with Crippen molar-refractivity contribution in [1.82, 2.24) is 15.0 Å². The summed E-state index contributed by atoms with van der Waals surface area (Å²) in [4.78, 5) is 0. The highest BCUT2D eigenvalue weighted by atomic mass is 79.9. The summed E-state index contributed by atoms with van der Waals surface area (Å²) in [7, 11) is 0. The van der Waals surface area contributed by atoms with Gasteiger partial charge in [0.1, 0.15) is 0 Å². The number of aryl methyl sites for hydroxylation is 2. The molecule has 0 aliphatic heterocycles. The van der Waals surface area contributed by atoms with Gasteiger partial charge in [-0.3, -0.25) is 4.68 Å². The lowest BCUT2D eigenvalue weighted by atomic mass is 9.91. The lowest BCUT2D eigenvalue weighted by Gasteiger charge is -2.15. The SMILES string of the molecule is CCC(Cc1cn(CC)nn1)c1ccc(C)c(Br)c1. The topological polar surface area (TPSA) is 30.7 Å². The van der Waals surface area contributed by atoms with E-state index in [-0.39, 0.29) is 0 Å². The molecule has 2 rings (SSSR count). The first-order valence-electron chi connectivity index (χ1n) is 6.79. The molecule has 4 heteroatoms. The molecule has 2 aromatic rings. The second-order valence-corrected chi connectivity index (χ2v) is 5.74. The Labute approximate surface area is 123 Å². The van der Waals surface area contributed by atoms with Gasteiger partial charge < -0.3 is 0 Å². The van der Waals surface area contributed by atoms with Crippen LogP contribution >= 0.6 is 15.9 Å². The van der Waals surface area contributed by atoms with Crippen LogP contribution in [0.2, 0.25) is 0 Å². The molecule has 3 nitrogen and oxygen atoms in total. The Hall–Kier alpha value is -1.16. The van der Waals surface area contributed by atoms with E-state index in [0.717, 1.165) is 25.1 Å². The summed E-state index contributed by atoms with van der Waals surface area (Å²) in [5.41, 5.74) is 3.71. The van der Waals surface area contributed by atoms with Gasteiger partial charge in [0.25, 0.3) is 0 Å². The minimum Gasteiger partial charge on any atom is -0.253 e. The molecule has 0 N–H and O–H groups in total. The van der Waals surface area contributed by atoms with Gasteiger partial charge in [0.2, 0.25) is 0 Å². The maximum atomic E-state index is 4.24. The number of hydrogen-bond acceptors (Lipinski definition) is 2. The van der Waals surface area contributed by atoms with E-state index < -0.39 is 0 Å². The van der Waals surface area contributed by atoms with E-state index in [1.54, 1.807) is 0 Å². The van der Waals surface area contributed by atoms with Crippen molar-refractivity contribution < 1.29 is 0 Å². The van der Waals surface area contributed by atoms with Crippen LogP contribution in [-0.4, -0.2) is 15.0 Å². The predicted molar refractivity (Wildman–Crippen MR) is 81.3 cm³/mol. The number of rotatable bonds is 5. The van der Waals surface area contributed by atoms with Crippen molar-refractivity contribution >= 4 is 15.9 Å². The molecule has 0 amide bonds. The number of nitrogens with zero attached hydrogens (tertiary/aromatic N) is 3. The fourth-order valence-corrected chi connectivity index (χ4v) is 2.60. The summed E-state index contributed by atoms with van der Waals surface area (Å²) in [6.45, 7) is 7.29. The monoisotopic (exact) mass is 321 g/mol. The fourth-order valence-electron chi connectivity index (χ4n) is 2.20. The first-order chi connectivity index (χ1) is 9.13. The molecule has 0 aliphatic carbocycles. The normalized spacial score (nSPS) is 12.6. The minimum absolute atomic E-state index is 0.499. The molecule has 0 aliphatic rings. The molecule has 102 valence electrons. The highest BCUT2D eigenvalue weighted by Gasteiger charge is 2.13. The predicted octanol–water partition coefficient (Wildman–Crippen LogP) is 4.11. The average molecular weight is 322 g/mol. The van der Waals surface area contributed by atoms with Gasteiger partial charge in [0.05, 0.1) is 5.69 Å². The van der Waals surface area contributed by atoms with Gasteiger partial charge in [-0.25, -0.2) is 0 Å². The standard InChI is InChI=1S/C15H20BrN3/c1-4-12(8-14-10-19(5-2)18-17-14)13-7-6-11(3)15(16)9-13/h6-7,9-10,12H,4-5,8H2,1-3H3. The summed E-state index contributed by atoms with van der Waals surface area (Å²) in [5.74, 6) is 0.499. The molecule has 1 aromatic heterocycles. The highest BCUT2D eigenvalue weighted by Crippen LogP contribution is 2.27. The van der Waals surface area contributed by atoms with Crippen molar-refractivity contribution in [1.29, 1.82) is 0 Å². The molecule has 1 aromatic carbocycles. The summed E-state index contributed by atoms with van der Waals surface area (Å²) in [6.07, 6.45) is 4.10. The minimum atomic E-state index is 0.499. The first kappa shape index (κ1) is 14.3. The quantitative estimate of drug-likeness (QED) is 0.829. The zero-order valence-electron chi connectivity index (χ0n) is 11.7. The lowest BCUT2D eigenvalue weighted by Crippen LogP contribution is -2.02. The van der Waals surface area contributed by atoms with Crippen molar-refractivity contribution in [3.05, 3.63) is 45.7 Å². The number of hydrogen-bond donors (Lipinski definition) is 0. The van der Waals surface area contributed by atoms with Crippen LogP contribution in [0.15, 0.2) is 28.9 Å². The maximum Gasteiger partial charge on any atom is 0.0833 e. The number of halogens is 1. The van der Waals surface area contributed by atoms with E-state index in [1.165, 1.54) is 15.6 Å². The Morgan fingerprint density at radius 2 is 2.11 bits per heavy atom. The molecule has 1 atom stereocenters. The number of benzene rings is 1. The van der Waals surface area contributed by atoms with Gasteiger partial charge in [-0.2, -0.15) is 0 Å². The third-order valence-electron chi connectivity index (χ3n) is 3.53. The third-order valence-corrected chi connectivity index (χ3v) is 4.38. The number of aromatic nitrogens is 3. The Balaban J connectivity index is 2.17. The molecule has 1 heterocycles. The van der Waals surface area contributed by atoms with E-state index >= 15 is 0 Å². The summed E-state index contributed by atoms with van der Waals surface area (Å²) in [6, 6.07) is 6.62. The summed E-state index contributed by atoms with van der Waals surface area (Å²) in [5, 5.41) is 8.35. The average Bonchev–Trinajstić information content (AvgIpc) is 2.87. The van der Waals surface area contributed by atoms with E-state index in [4.69, 9.17) is 0 Å². The molecule has 0 saturated heterocycles. The van der Waals surface area contributed by atoms with Crippen LogP contribution < -0.4 is 0 Å². The molecule has 0 radical (unpaired) electrons. The molecular weight excluding hydrogens is 302 g/mol. The lowest BCUT2D eigenvalue weighted by molar-refractivity contribution is 0.624. The highest BCUT2D eigenvalue weighted by molar-refractivity contribution is 9.10. The molecule has 1 unspecified atom stereocenters. The molecule has 19 heavy (non-hydrogen) atoms. The van der Waals surface area contributed by atoms with Gasteiger partial charge in [-0.15, -0.1) is 5.10 Å². The van der Waals surface area contributed by atoms with Crippen molar-refractivity contribution in [2.45, 2.75) is 46.1 Å². The fraction of sp³-hybridized carbons (Fsp3) is 0.467. The zero-order chi connectivity index (χ0) is 13.8. The summed E-state index contributed by atoms with van der Waals surface area (Å²) < 4.78 is 3.06. The molecular formula is C15H20BrN3. The van der Waals surface area contributed by atoms with Crippen molar-refractivity contribution in [2.24, 2.45) is 0 Å². The van der Waals surface area contributed by atoms with Gasteiger partial charge in [0.15, 0.2) is 0 Å². The van der Waals surface area contributed by atoms with Crippen molar-refractivity contribution in [3.63, 3.8) is 0 Å². The van der Waals surface area contributed by atoms with Crippen LogP contribution in [0.1, 0.15) is 43.0 Å². The maximum absolute atomic E-state index is 4.24. The second-order valence-electron chi connectivity index (χ2n) is 4.88. The van der Waals surface area contributed by atoms with E-state index in [9.17, 15) is 0 Å². The smallest absolute Gasteiger partial charge is 0.0833 e. The molecule has 0 saturated carbocycles. The van der Waals surface area contributed by atoms with Gasteiger partial charge in [-0.1, -0.05) is 40.2 Å². The van der Waals surface area contributed by atoms with E-state index in [0.29, 0.717) is 5.92 Å². The van der Waals surface area contributed by atoms with Crippen LogP contribution in [0.5, 0.6) is 0 Å². The van der Waals surface area contributed by atoms with E-state index in [2.05, 4.69) is 65.2 Å². The van der Waals surface area contributed by atoms with Crippen LogP contribution in [0.3, 0.4) is 0 Å². The Kier molecular flexibility index (Phi) is 4.75. The van der Waals surface area contributed by atoms with E-state index in [1.807, 2.05) is 10.9 Å². The molecule has 0 fully saturated rings. The van der Waals surface area contributed by atoms with Gasteiger partial charge in [-0.05, 0) is 49.8 Å². The third kappa shape index (κ3) is 3.44. The molecule has 0 spiro atoms. The Morgan fingerprint density at radius 3 is 2.68 bits per heavy atom. The molecule has 0 bridgehead atoms. The van der Waals surface area contributed by atoms with Crippen LogP contribution in [-0.2, 0) is 13.0 Å². The first-order valence-corrected chi connectivity index (χ1v) is 7.58. The van der Waals surface area contributed by atoms with Crippen LogP contribution in [0, 0.1) is 6.92 Å². The second kappa shape index (κ2) is 6.33. The summed E-state index contributed by atoms with van der Waals surface area (Å²) >= 11 is 3.61. The Morgan fingerprint density at radius 1 is 1.32 bits per heavy atom. The van der Waals surface area contributed by atoms with Gasteiger partial charge in [0, 0.05) is 17.2 Å². The Bertz CT molecular complexity index is 548. The van der Waals surface area contributed by atoms with Crippen LogP contribution in [0.4, 0.5) is 0 Å². The van der Waals surface area contributed by atoms with Gasteiger partial charge >= 0.3 is 0 Å². The van der Waals surface area contributed by atoms with Crippen molar-refractivity contribution in [2.75, 3.05) is 0 Å².